The predicted molar refractivity (Wildman–Crippen MR) is 165 cm³/mol. The van der Waals surface area contributed by atoms with Crippen molar-refractivity contribution < 1.29 is 31.8 Å². The molecule has 246 valence electrons. The van der Waals surface area contributed by atoms with Crippen molar-refractivity contribution in [1.82, 2.24) is 28.7 Å². The molecule has 7 rings (SSSR count). The van der Waals surface area contributed by atoms with Crippen molar-refractivity contribution in [3.8, 4) is 0 Å². The van der Waals surface area contributed by atoms with Gasteiger partial charge in [-0.15, -0.1) is 11.3 Å². The molecule has 17 heteroatoms. The molecule has 3 N–H and O–H groups in total. The molecule has 4 aliphatic heterocycles. The van der Waals surface area contributed by atoms with Crippen LogP contribution in [-0.2, 0) is 10.2 Å². The molecule has 1 aromatic carbocycles. The summed E-state index contributed by atoms with van der Waals surface area (Å²) in [6.45, 7) is -1.22. The lowest BCUT2D eigenvalue weighted by Crippen LogP contribution is -2.59. The number of aliphatic hydroxyl groups excluding tert-OH is 1. The van der Waals surface area contributed by atoms with E-state index in [1.54, 1.807) is 11.6 Å². The fourth-order valence-electron chi connectivity index (χ4n) is 7.26. The normalized spacial score (nSPS) is 29.0. The van der Waals surface area contributed by atoms with E-state index in [1.165, 1.54) is 40.8 Å². The van der Waals surface area contributed by atoms with Gasteiger partial charge in [-0.05, 0) is 50.8 Å². The second kappa shape index (κ2) is 11.7. The average Bonchev–Trinajstić information content (AvgIpc) is 3.79. The van der Waals surface area contributed by atoms with Crippen LogP contribution in [0.3, 0.4) is 0 Å². The van der Waals surface area contributed by atoms with Crippen LogP contribution in [0.25, 0.3) is 5.57 Å². The highest BCUT2D eigenvalue weighted by atomic mass is 35.5. The maximum absolute atomic E-state index is 14.1. The van der Waals surface area contributed by atoms with Crippen LogP contribution in [0.15, 0.2) is 52.7 Å². The molecule has 5 atom stereocenters. The minimum absolute atomic E-state index is 0.0834. The van der Waals surface area contributed by atoms with Gasteiger partial charge in [-0.25, -0.2) is 14.1 Å². The summed E-state index contributed by atoms with van der Waals surface area (Å²) >= 11 is 7.85. The molecule has 2 aromatic heterocycles. The maximum atomic E-state index is 14.1. The zero-order valence-electron chi connectivity index (χ0n) is 24.5. The minimum atomic E-state index is -4.05. The highest BCUT2D eigenvalue weighted by Crippen LogP contribution is 2.47. The summed E-state index contributed by atoms with van der Waals surface area (Å²) < 4.78 is 74.1. The van der Waals surface area contributed by atoms with Gasteiger partial charge in [-0.1, -0.05) is 17.7 Å². The lowest BCUT2D eigenvalue weighted by molar-refractivity contribution is -0.107. The first-order valence-corrected chi connectivity index (χ1v) is 17.5. The van der Waals surface area contributed by atoms with E-state index >= 15 is 0 Å². The third-order valence-corrected chi connectivity index (χ3v) is 12.2. The number of rotatable bonds is 8. The van der Waals surface area contributed by atoms with Gasteiger partial charge in [-0.3, -0.25) is 4.99 Å². The van der Waals surface area contributed by atoms with E-state index in [1.807, 2.05) is 4.90 Å². The Morgan fingerprint density at radius 3 is 2.54 bits per heavy atom. The molecule has 11 nitrogen and oxygen atoms in total. The first-order valence-electron chi connectivity index (χ1n) is 14.8. The number of piperidine rings is 1. The number of amidine groups is 1. The Morgan fingerprint density at radius 1 is 1.20 bits per heavy atom. The Hall–Kier alpha value is -2.86. The minimum Gasteiger partial charge on any atom is -0.390 e. The highest BCUT2D eigenvalue weighted by Gasteiger charge is 2.54. The van der Waals surface area contributed by atoms with Gasteiger partial charge in [0.1, 0.15) is 11.9 Å². The number of alkyl halides is 2. The topological polar surface area (TPSA) is 136 Å². The zero-order valence-corrected chi connectivity index (χ0v) is 26.9. The molecule has 3 aromatic rings. The molecule has 4 unspecified atom stereocenters. The molecule has 0 amide bonds. The van der Waals surface area contributed by atoms with Crippen molar-refractivity contribution in [1.29, 1.82) is 0 Å². The van der Waals surface area contributed by atoms with E-state index in [9.17, 15) is 31.8 Å². The molecule has 0 spiro atoms. The third kappa shape index (κ3) is 5.46. The van der Waals surface area contributed by atoms with Crippen LogP contribution in [-0.4, -0.2) is 84.8 Å². The maximum Gasteiger partial charge on any atom is 0.333 e. The van der Waals surface area contributed by atoms with Crippen molar-refractivity contribution in [2.45, 2.75) is 81.4 Å². The lowest BCUT2D eigenvalue weighted by atomic mass is 9.83. The van der Waals surface area contributed by atoms with Crippen LogP contribution >= 0.6 is 22.9 Å². The molecule has 46 heavy (non-hydrogen) atoms. The number of thiazole rings is 1. The van der Waals surface area contributed by atoms with Crippen LogP contribution < -0.4 is 4.72 Å². The second-order valence-electron chi connectivity index (χ2n) is 12.2. The van der Waals surface area contributed by atoms with Gasteiger partial charge in [0.05, 0.1) is 17.4 Å². The van der Waals surface area contributed by atoms with Crippen molar-refractivity contribution >= 4 is 44.6 Å². The zero-order chi connectivity index (χ0) is 32.5. The van der Waals surface area contributed by atoms with Crippen molar-refractivity contribution in [2.24, 2.45) is 4.99 Å². The van der Waals surface area contributed by atoms with E-state index < -0.39 is 58.4 Å². The van der Waals surface area contributed by atoms with Gasteiger partial charge in [-0.2, -0.15) is 31.3 Å². The average molecular weight is 698 g/mol. The van der Waals surface area contributed by atoms with E-state index in [2.05, 4.69) is 14.8 Å². The standard InChI is InChI=1S/C29H31ClF3N7O4S2/c1-15(41)29(42)12-18-3-4-19(13-29)40(18)46(43,44)37-17-11-23-24(22-6-8-39(36-22)28(32)33)25(20-5-2-16(31)10-21(20)30)35-26(38(23)14-17)27-34-7-9-45-27/h2,5-10,15,17-19,25,28,37,41-42H,3-4,11-14H2,1H3/t15?,17?,18?,19?,25-,29?/m0/s1. The number of hydrogen-bond donors (Lipinski definition) is 3. The van der Waals surface area contributed by atoms with Gasteiger partial charge in [0.2, 0.25) is 0 Å². The van der Waals surface area contributed by atoms with Crippen molar-refractivity contribution in [2.75, 3.05) is 6.54 Å². The number of nitrogens with zero attached hydrogens (tertiary/aromatic N) is 6. The van der Waals surface area contributed by atoms with Gasteiger partial charge in [0, 0.05) is 70.7 Å². The summed E-state index contributed by atoms with van der Waals surface area (Å²) in [6.07, 6.45) is 3.32. The van der Waals surface area contributed by atoms with Crippen LogP contribution in [0, 0.1) is 5.82 Å². The van der Waals surface area contributed by atoms with Crippen LogP contribution in [0.5, 0.6) is 0 Å². The number of fused-ring (bicyclic) bond motifs is 3. The number of aromatic nitrogens is 3. The molecule has 0 radical (unpaired) electrons. The summed E-state index contributed by atoms with van der Waals surface area (Å²) in [7, 11) is -4.05. The number of aliphatic hydroxyl groups is 2. The first kappa shape index (κ1) is 31.7. The quantitative estimate of drug-likeness (QED) is 0.323. The first-order chi connectivity index (χ1) is 21.8. The Labute approximate surface area is 272 Å². The fraction of sp³-hybridized carbons (Fsp3) is 0.483. The Bertz CT molecular complexity index is 1800. The van der Waals surface area contributed by atoms with Crippen LogP contribution in [0.1, 0.15) is 67.9 Å². The monoisotopic (exact) mass is 697 g/mol. The summed E-state index contributed by atoms with van der Waals surface area (Å²) in [4.78, 5) is 11.2. The van der Waals surface area contributed by atoms with E-state index in [0.29, 0.717) is 45.2 Å². The smallest absolute Gasteiger partial charge is 0.333 e. The third-order valence-electron chi connectivity index (χ3n) is 9.33. The van der Waals surface area contributed by atoms with Crippen LogP contribution in [0.4, 0.5) is 13.2 Å². The van der Waals surface area contributed by atoms with Crippen LogP contribution in [0.2, 0.25) is 5.02 Å². The molecule has 0 saturated carbocycles. The number of aliphatic imine (C=N–C) groups is 1. The number of halogens is 4. The number of hydrogen-bond acceptors (Lipinski definition) is 9. The SMILES string of the molecule is CC(O)C1(O)CC2CCC(C1)N2S(=O)(=O)NC1CC2=C(c3ccn(C(F)F)n3)[C@H](c3ccc(F)cc3Cl)N=C(c3nccs3)N2C1. The summed E-state index contributed by atoms with van der Waals surface area (Å²) in [6, 6.07) is 2.84. The number of benzene rings is 1. The number of nitrogens with one attached hydrogen (secondary N) is 1. The van der Waals surface area contributed by atoms with Crippen molar-refractivity contribution in [3.63, 3.8) is 0 Å². The molecular weight excluding hydrogens is 667 g/mol. The van der Waals surface area contributed by atoms with E-state index in [4.69, 9.17) is 16.6 Å². The molecule has 4 aliphatic rings. The molecular formula is C29H31ClF3N7O4S2. The van der Waals surface area contributed by atoms with Gasteiger partial charge < -0.3 is 15.1 Å². The summed E-state index contributed by atoms with van der Waals surface area (Å²) in [5.41, 5.74) is 0.300. The second-order valence-corrected chi connectivity index (χ2v) is 15.1. The van der Waals surface area contributed by atoms with E-state index in [-0.39, 0.29) is 36.5 Å². The Morgan fingerprint density at radius 2 is 1.93 bits per heavy atom. The molecule has 6 heterocycles. The Balaban J connectivity index is 1.28. The summed E-state index contributed by atoms with van der Waals surface area (Å²) in [5.74, 6) is -0.116. The molecule has 2 bridgehead atoms. The van der Waals surface area contributed by atoms with Gasteiger partial charge in [0.25, 0.3) is 10.2 Å². The van der Waals surface area contributed by atoms with E-state index in [0.717, 1.165) is 12.3 Å². The molecule has 3 saturated heterocycles. The lowest BCUT2D eigenvalue weighted by Gasteiger charge is -2.44. The van der Waals surface area contributed by atoms with Crippen molar-refractivity contribution in [3.05, 3.63) is 74.8 Å². The fourth-order valence-corrected chi connectivity index (χ4v) is 10.0. The van der Waals surface area contributed by atoms with Gasteiger partial charge in [0.15, 0.2) is 10.8 Å². The largest absolute Gasteiger partial charge is 0.390 e. The highest BCUT2D eigenvalue weighted by molar-refractivity contribution is 7.87. The molecule has 0 aliphatic carbocycles. The predicted octanol–water partition coefficient (Wildman–Crippen LogP) is 4.09. The Kier molecular flexibility index (Phi) is 8.06. The summed E-state index contributed by atoms with van der Waals surface area (Å²) in [5, 5.41) is 27.7. The van der Waals surface area contributed by atoms with Gasteiger partial charge >= 0.3 is 6.55 Å². The molecule has 3 fully saturated rings.